The van der Waals surface area contributed by atoms with Crippen LogP contribution in [0.5, 0.6) is 0 Å². The van der Waals surface area contributed by atoms with Gasteiger partial charge in [0.2, 0.25) is 5.91 Å². The maximum absolute atomic E-state index is 12.2. The van der Waals surface area contributed by atoms with E-state index < -0.39 is 5.97 Å². The fourth-order valence-corrected chi connectivity index (χ4v) is 2.74. The lowest BCUT2D eigenvalue weighted by Gasteiger charge is -2.31. The topological polar surface area (TPSA) is 60.9 Å². The van der Waals surface area contributed by atoms with Crippen LogP contribution in [0.1, 0.15) is 19.3 Å². The number of hydrogen-bond donors (Lipinski definition) is 1. The largest absolute Gasteiger partial charge is 0.481 e. The van der Waals surface area contributed by atoms with Crippen LogP contribution in [0.15, 0.2) is 0 Å². The first kappa shape index (κ1) is 12.4. The van der Waals surface area contributed by atoms with Crippen LogP contribution < -0.4 is 0 Å². The first-order chi connectivity index (χ1) is 8.08. The van der Waals surface area contributed by atoms with Gasteiger partial charge in [-0.05, 0) is 32.9 Å². The second-order valence-electron chi connectivity index (χ2n) is 5.19. The van der Waals surface area contributed by atoms with Gasteiger partial charge >= 0.3 is 5.97 Å². The molecule has 1 unspecified atom stereocenters. The van der Waals surface area contributed by atoms with Gasteiger partial charge in [0.25, 0.3) is 0 Å². The van der Waals surface area contributed by atoms with Crippen molar-refractivity contribution in [3.05, 3.63) is 0 Å². The number of piperidine rings is 1. The van der Waals surface area contributed by atoms with Gasteiger partial charge in [0.15, 0.2) is 0 Å². The summed E-state index contributed by atoms with van der Waals surface area (Å²) < 4.78 is 0. The Bertz CT molecular complexity index is 311. The van der Waals surface area contributed by atoms with E-state index in [1.54, 1.807) is 0 Å². The van der Waals surface area contributed by atoms with Crippen molar-refractivity contribution in [2.24, 2.45) is 11.8 Å². The van der Waals surface area contributed by atoms with Crippen molar-refractivity contribution in [1.82, 2.24) is 9.80 Å². The van der Waals surface area contributed by atoms with Gasteiger partial charge in [-0.1, -0.05) is 0 Å². The van der Waals surface area contributed by atoms with Gasteiger partial charge in [0, 0.05) is 19.6 Å². The van der Waals surface area contributed by atoms with Gasteiger partial charge in [-0.2, -0.15) is 0 Å². The lowest BCUT2D eigenvalue weighted by Crippen LogP contribution is -2.43. The molecule has 2 rings (SSSR count). The van der Waals surface area contributed by atoms with Gasteiger partial charge in [0.1, 0.15) is 0 Å². The Hall–Kier alpha value is -1.10. The lowest BCUT2D eigenvalue weighted by atomic mass is 9.96. The van der Waals surface area contributed by atoms with Gasteiger partial charge < -0.3 is 14.9 Å². The van der Waals surface area contributed by atoms with E-state index in [-0.39, 0.29) is 17.7 Å². The molecule has 96 valence electrons. The smallest absolute Gasteiger partial charge is 0.306 e. The van der Waals surface area contributed by atoms with E-state index in [1.807, 2.05) is 11.9 Å². The average Bonchev–Trinajstić information content (AvgIpc) is 2.75. The summed E-state index contributed by atoms with van der Waals surface area (Å²) in [7, 11) is 2.03. The van der Waals surface area contributed by atoms with Crippen LogP contribution in [0.4, 0.5) is 0 Å². The third-order valence-electron chi connectivity index (χ3n) is 3.90. The maximum Gasteiger partial charge on any atom is 0.306 e. The first-order valence-electron chi connectivity index (χ1n) is 6.28. The summed E-state index contributed by atoms with van der Waals surface area (Å²) >= 11 is 0. The third-order valence-corrected chi connectivity index (χ3v) is 3.90. The molecule has 2 aliphatic rings. The molecule has 0 aliphatic carbocycles. The summed E-state index contributed by atoms with van der Waals surface area (Å²) in [4.78, 5) is 27.0. The van der Waals surface area contributed by atoms with E-state index in [4.69, 9.17) is 5.11 Å². The highest BCUT2D eigenvalue weighted by Crippen LogP contribution is 2.22. The highest BCUT2D eigenvalue weighted by molar-refractivity contribution is 5.80. The zero-order valence-corrected chi connectivity index (χ0v) is 10.3. The van der Waals surface area contributed by atoms with E-state index in [0.29, 0.717) is 25.9 Å². The van der Waals surface area contributed by atoms with Crippen LogP contribution in [0.2, 0.25) is 0 Å². The fourth-order valence-electron chi connectivity index (χ4n) is 2.74. The molecule has 2 aliphatic heterocycles. The fraction of sp³-hybridized carbons (Fsp3) is 0.833. The van der Waals surface area contributed by atoms with Crippen molar-refractivity contribution < 1.29 is 14.7 Å². The minimum atomic E-state index is -0.724. The second-order valence-corrected chi connectivity index (χ2v) is 5.19. The summed E-state index contributed by atoms with van der Waals surface area (Å²) in [6.07, 6.45) is 2.14. The number of amides is 1. The van der Waals surface area contributed by atoms with Crippen molar-refractivity contribution in [2.45, 2.75) is 19.3 Å². The molecule has 1 N–H and O–H groups in total. The SMILES string of the molecule is CN1CCC(C(=O)N2CCC(C(=O)O)CC2)C1. The minimum Gasteiger partial charge on any atom is -0.481 e. The quantitative estimate of drug-likeness (QED) is 0.752. The predicted molar refractivity (Wildman–Crippen MR) is 62.5 cm³/mol. The molecule has 2 saturated heterocycles. The molecular formula is C12H20N2O3. The van der Waals surface area contributed by atoms with Crippen LogP contribution in [0.3, 0.4) is 0 Å². The number of rotatable bonds is 2. The molecule has 0 aromatic heterocycles. The Morgan fingerprint density at radius 3 is 2.12 bits per heavy atom. The Morgan fingerprint density at radius 2 is 1.65 bits per heavy atom. The third kappa shape index (κ3) is 2.77. The Morgan fingerprint density at radius 1 is 1.06 bits per heavy atom. The van der Waals surface area contributed by atoms with Crippen LogP contribution >= 0.6 is 0 Å². The summed E-state index contributed by atoms with van der Waals surface area (Å²) in [5.74, 6) is -0.637. The van der Waals surface area contributed by atoms with Crippen molar-refractivity contribution in [2.75, 3.05) is 33.2 Å². The number of nitrogens with zero attached hydrogens (tertiary/aromatic N) is 2. The molecule has 0 aromatic rings. The number of aliphatic carboxylic acids is 1. The Labute approximate surface area is 101 Å². The highest BCUT2D eigenvalue weighted by Gasteiger charge is 2.33. The molecule has 1 atom stereocenters. The molecule has 0 aromatic carbocycles. The monoisotopic (exact) mass is 240 g/mol. The van der Waals surface area contributed by atoms with E-state index in [9.17, 15) is 9.59 Å². The molecule has 2 fully saturated rings. The van der Waals surface area contributed by atoms with E-state index >= 15 is 0 Å². The lowest BCUT2D eigenvalue weighted by molar-refractivity contribution is -0.146. The number of hydrogen-bond acceptors (Lipinski definition) is 3. The molecule has 5 heteroatoms. The minimum absolute atomic E-state index is 0.126. The van der Waals surface area contributed by atoms with Gasteiger partial charge in [-0.25, -0.2) is 0 Å². The van der Waals surface area contributed by atoms with Crippen molar-refractivity contribution in [3.8, 4) is 0 Å². The van der Waals surface area contributed by atoms with Crippen LogP contribution in [0, 0.1) is 11.8 Å². The molecule has 17 heavy (non-hydrogen) atoms. The van der Waals surface area contributed by atoms with E-state index in [2.05, 4.69) is 4.90 Å². The van der Waals surface area contributed by atoms with Crippen molar-refractivity contribution in [3.63, 3.8) is 0 Å². The second kappa shape index (κ2) is 5.04. The van der Waals surface area contributed by atoms with Crippen molar-refractivity contribution in [1.29, 1.82) is 0 Å². The van der Waals surface area contributed by atoms with Crippen LogP contribution in [-0.2, 0) is 9.59 Å². The molecule has 0 bridgehead atoms. The molecule has 5 nitrogen and oxygen atoms in total. The number of likely N-dealkylation sites (tertiary alicyclic amines) is 2. The Kier molecular flexibility index (Phi) is 3.66. The van der Waals surface area contributed by atoms with Crippen LogP contribution in [0.25, 0.3) is 0 Å². The molecule has 0 saturated carbocycles. The first-order valence-corrected chi connectivity index (χ1v) is 6.28. The van der Waals surface area contributed by atoms with Crippen molar-refractivity contribution >= 4 is 11.9 Å². The van der Waals surface area contributed by atoms with Crippen LogP contribution in [-0.4, -0.2) is 60.0 Å². The number of carboxylic acids is 1. The molecule has 0 radical (unpaired) electrons. The normalized spacial score (nSPS) is 27.4. The number of carbonyl (C=O) groups excluding carboxylic acids is 1. The van der Waals surface area contributed by atoms with Gasteiger partial charge in [-0.3, -0.25) is 9.59 Å². The zero-order valence-electron chi connectivity index (χ0n) is 10.3. The van der Waals surface area contributed by atoms with E-state index in [1.165, 1.54) is 0 Å². The molecule has 0 spiro atoms. The molecule has 2 heterocycles. The predicted octanol–water partition coefficient (Wildman–Crippen LogP) is 0.261. The molecular weight excluding hydrogens is 220 g/mol. The summed E-state index contributed by atoms with van der Waals surface area (Å²) in [6.45, 7) is 3.05. The summed E-state index contributed by atoms with van der Waals surface area (Å²) in [6, 6.07) is 0. The number of carbonyl (C=O) groups is 2. The Balaban J connectivity index is 1.84. The molecule has 1 amide bonds. The van der Waals surface area contributed by atoms with Gasteiger partial charge in [-0.15, -0.1) is 0 Å². The average molecular weight is 240 g/mol. The van der Waals surface area contributed by atoms with Gasteiger partial charge in [0.05, 0.1) is 11.8 Å². The zero-order chi connectivity index (χ0) is 12.4. The maximum atomic E-state index is 12.2. The summed E-state index contributed by atoms with van der Waals surface area (Å²) in [5, 5.41) is 8.90. The highest BCUT2D eigenvalue weighted by atomic mass is 16.4. The van der Waals surface area contributed by atoms with E-state index in [0.717, 1.165) is 19.5 Å². The summed E-state index contributed by atoms with van der Waals surface area (Å²) in [5.41, 5.74) is 0. The standard InChI is InChI=1S/C12H20N2O3/c1-13-5-2-10(8-13)11(15)14-6-3-9(4-7-14)12(16)17/h9-10H,2-8H2,1H3,(H,16,17). The number of carboxylic acid groups (broad SMARTS) is 1.